The van der Waals surface area contributed by atoms with Crippen LogP contribution in [0.3, 0.4) is 0 Å². The molecule has 26 heavy (non-hydrogen) atoms. The minimum Gasteiger partial charge on any atom is -0.480 e. The van der Waals surface area contributed by atoms with Gasteiger partial charge in [0.15, 0.2) is 5.69 Å². The van der Waals surface area contributed by atoms with Crippen LogP contribution in [0.4, 0.5) is 40.7 Å². The number of carboxylic acids is 1. The summed E-state index contributed by atoms with van der Waals surface area (Å²) in [5, 5.41) is 23.9. The number of hydrogen-bond donors (Lipinski definition) is 3. The second-order valence-electron chi connectivity index (χ2n) is 4.75. The highest BCUT2D eigenvalue weighted by atomic mass is 19.4. The summed E-state index contributed by atoms with van der Waals surface area (Å²) in [5.41, 5.74) is -2.45. The van der Waals surface area contributed by atoms with Gasteiger partial charge in [-0.15, -0.1) is 0 Å². The number of nitro benzene ring substituents is 1. The number of alkyl halides is 3. The number of hydrogen-bond acceptors (Lipinski definition) is 7. The van der Waals surface area contributed by atoms with Gasteiger partial charge in [0.25, 0.3) is 5.69 Å². The van der Waals surface area contributed by atoms with E-state index >= 15 is 0 Å². The third-order valence-electron chi connectivity index (χ3n) is 2.83. The van der Waals surface area contributed by atoms with Gasteiger partial charge in [-0.25, -0.2) is 9.37 Å². The molecule has 0 spiro atoms. The van der Waals surface area contributed by atoms with Crippen LogP contribution in [0, 0.1) is 15.9 Å². The number of nitrogens with one attached hydrogen (secondary N) is 2. The van der Waals surface area contributed by atoms with Gasteiger partial charge in [0.2, 0.25) is 5.95 Å². The number of rotatable bonds is 6. The van der Waals surface area contributed by atoms with Crippen molar-refractivity contribution in [3.05, 3.63) is 45.9 Å². The zero-order valence-corrected chi connectivity index (χ0v) is 12.5. The first-order valence-electron chi connectivity index (χ1n) is 6.69. The van der Waals surface area contributed by atoms with Gasteiger partial charge in [-0.2, -0.15) is 18.2 Å². The first kappa shape index (κ1) is 18.8. The molecule has 0 saturated carbocycles. The van der Waals surface area contributed by atoms with E-state index < -0.39 is 52.6 Å². The lowest BCUT2D eigenvalue weighted by Gasteiger charge is -2.12. The highest BCUT2D eigenvalue weighted by molar-refractivity contribution is 5.72. The van der Waals surface area contributed by atoms with Crippen molar-refractivity contribution in [2.45, 2.75) is 6.18 Å². The van der Waals surface area contributed by atoms with Crippen LogP contribution >= 0.6 is 0 Å². The number of aromatic nitrogens is 2. The molecule has 2 aromatic rings. The van der Waals surface area contributed by atoms with Crippen LogP contribution in [-0.2, 0) is 11.0 Å². The normalized spacial score (nSPS) is 11.1. The zero-order chi connectivity index (χ0) is 19.5. The van der Waals surface area contributed by atoms with Gasteiger partial charge in [-0.05, 0) is 12.1 Å². The van der Waals surface area contributed by atoms with Gasteiger partial charge in [-0.3, -0.25) is 14.9 Å². The quantitative estimate of drug-likeness (QED) is 0.399. The Hall–Kier alpha value is -3.51. The number of carboxylic acid groups (broad SMARTS) is 1. The number of benzene rings is 1. The molecule has 0 aliphatic carbocycles. The van der Waals surface area contributed by atoms with Crippen LogP contribution in [0.15, 0.2) is 24.3 Å². The van der Waals surface area contributed by atoms with E-state index in [9.17, 15) is 32.5 Å². The second kappa shape index (κ2) is 7.16. The Kier molecular flexibility index (Phi) is 5.19. The van der Waals surface area contributed by atoms with Gasteiger partial charge in [-0.1, -0.05) is 0 Å². The Morgan fingerprint density at radius 3 is 2.54 bits per heavy atom. The van der Waals surface area contributed by atoms with Gasteiger partial charge < -0.3 is 15.7 Å². The molecule has 3 N–H and O–H groups in total. The third-order valence-corrected chi connectivity index (χ3v) is 2.83. The molecule has 138 valence electrons. The van der Waals surface area contributed by atoms with Crippen molar-refractivity contribution in [3.8, 4) is 0 Å². The Labute approximate surface area is 141 Å². The van der Waals surface area contributed by atoms with E-state index in [4.69, 9.17) is 5.11 Å². The van der Waals surface area contributed by atoms with Crippen molar-refractivity contribution in [2.75, 3.05) is 17.2 Å². The second-order valence-corrected chi connectivity index (χ2v) is 4.75. The molecule has 0 saturated heterocycles. The molecule has 0 aliphatic heterocycles. The molecule has 0 bridgehead atoms. The topological polar surface area (TPSA) is 130 Å². The summed E-state index contributed by atoms with van der Waals surface area (Å²) in [4.78, 5) is 27.3. The van der Waals surface area contributed by atoms with E-state index in [1.165, 1.54) is 0 Å². The highest BCUT2D eigenvalue weighted by Gasteiger charge is 2.34. The summed E-state index contributed by atoms with van der Waals surface area (Å²) in [5.74, 6) is -3.44. The maximum absolute atomic E-state index is 13.1. The summed E-state index contributed by atoms with van der Waals surface area (Å²) < 4.78 is 51.9. The standard InChI is InChI=1S/C13H9F4N5O4/c14-6-1-2-7(8(3-6)22(25)26)19-10-4-9(13(15,16)17)20-12(21-10)18-5-11(23)24/h1-4H,5H2,(H,23,24)(H2,18,19,20,21). The van der Waals surface area contributed by atoms with Crippen LogP contribution in [-0.4, -0.2) is 32.5 Å². The van der Waals surface area contributed by atoms with E-state index in [1.54, 1.807) is 0 Å². The number of aliphatic carboxylic acids is 1. The van der Waals surface area contributed by atoms with Gasteiger partial charge in [0, 0.05) is 6.07 Å². The minimum atomic E-state index is -4.88. The predicted octanol–water partition coefficient (Wildman–Crippen LogP) is 2.78. The first-order chi connectivity index (χ1) is 12.1. The third kappa shape index (κ3) is 4.75. The van der Waals surface area contributed by atoms with E-state index in [0.717, 1.165) is 12.1 Å². The largest absolute Gasteiger partial charge is 0.480 e. The summed E-state index contributed by atoms with van der Waals surface area (Å²) in [6.07, 6.45) is -4.88. The number of carbonyl (C=O) groups is 1. The molecular formula is C13H9F4N5O4. The van der Waals surface area contributed by atoms with Crippen LogP contribution in [0.1, 0.15) is 5.69 Å². The molecule has 0 aliphatic rings. The highest BCUT2D eigenvalue weighted by Crippen LogP contribution is 2.32. The molecule has 2 rings (SSSR count). The fraction of sp³-hybridized carbons (Fsp3) is 0.154. The van der Waals surface area contributed by atoms with Crippen molar-refractivity contribution in [1.82, 2.24) is 9.97 Å². The van der Waals surface area contributed by atoms with Crippen LogP contribution < -0.4 is 10.6 Å². The van der Waals surface area contributed by atoms with E-state index in [1.807, 2.05) is 0 Å². The molecular weight excluding hydrogens is 366 g/mol. The fourth-order valence-electron chi connectivity index (χ4n) is 1.79. The summed E-state index contributed by atoms with van der Waals surface area (Å²) >= 11 is 0. The lowest BCUT2D eigenvalue weighted by Crippen LogP contribution is -2.17. The SMILES string of the molecule is O=C(O)CNc1nc(Nc2ccc(F)cc2[N+](=O)[O-])cc(C(F)(F)F)n1. The van der Waals surface area contributed by atoms with Gasteiger partial charge in [0.1, 0.15) is 23.9 Å². The Morgan fingerprint density at radius 2 is 1.96 bits per heavy atom. The molecule has 0 atom stereocenters. The molecule has 1 aromatic heterocycles. The van der Waals surface area contributed by atoms with Crippen LogP contribution in [0.2, 0.25) is 0 Å². The summed E-state index contributed by atoms with van der Waals surface area (Å²) in [6.45, 7) is -0.753. The summed E-state index contributed by atoms with van der Waals surface area (Å²) in [7, 11) is 0. The average molecular weight is 375 g/mol. The van der Waals surface area contributed by atoms with E-state index in [-0.39, 0.29) is 5.69 Å². The van der Waals surface area contributed by atoms with Gasteiger partial charge in [0.05, 0.1) is 11.0 Å². The number of nitro groups is 1. The zero-order valence-electron chi connectivity index (χ0n) is 12.5. The monoisotopic (exact) mass is 375 g/mol. The molecule has 13 heteroatoms. The van der Waals surface area contributed by atoms with Crippen molar-refractivity contribution in [3.63, 3.8) is 0 Å². The number of nitrogens with zero attached hydrogens (tertiary/aromatic N) is 3. The minimum absolute atomic E-state index is 0.313. The van der Waals surface area contributed by atoms with E-state index in [2.05, 4.69) is 20.6 Å². The summed E-state index contributed by atoms with van der Waals surface area (Å²) in [6, 6.07) is 2.87. The molecule has 1 aromatic carbocycles. The van der Waals surface area contributed by atoms with Gasteiger partial charge >= 0.3 is 12.1 Å². The Morgan fingerprint density at radius 1 is 1.27 bits per heavy atom. The Balaban J connectivity index is 2.44. The van der Waals surface area contributed by atoms with Crippen molar-refractivity contribution < 1.29 is 32.4 Å². The van der Waals surface area contributed by atoms with Crippen molar-refractivity contribution >= 4 is 29.1 Å². The first-order valence-corrected chi connectivity index (χ1v) is 6.69. The van der Waals surface area contributed by atoms with Crippen molar-refractivity contribution in [1.29, 1.82) is 0 Å². The number of halogens is 4. The lowest BCUT2D eigenvalue weighted by molar-refractivity contribution is -0.384. The molecule has 1 heterocycles. The average Bonchev–Trinajstić information content (AvgIpc) is 2.53. The molecule has 0 amide bonds. The van der Waals surface area contributed by atoms with Crippen molar-refractivity contribution in [2.24, 2.45) is 0 Å². The maximum atomic E-state index is 13.1. The smallest absolute Gasteiger partial charge is 0.433 e. The Bertz CT molecular complexity index is 859. The van der Waals surface area contributed by atoms with Crippen LogP contribution in [0.5, 0.6) is 0 Å². The molecule has 0 radical (unpaired) electrons. The molecule has 0 fully saturated rings. The number of anilines is 3. The lowest BCUT2D eigenvalue weighted by atomic mass is 10.2. The molecule has 0 unspecified atom stereocenters. The predicted molar refractivity (Wildman–Crippen MR) is 79.5 cm³/mol. The maximum Gasteiger partial charge on any atom is 0.433 e. The molecule has 9 nitrogen and oxygen atoms in total. The van der Waals surface area contributed by atoms with Crippen LogP contribution in [0.25, 0.3) is 0 Å². The van der Waals surface area contributed by atoms with E-state index in [0.29, 0.717) is 12.1 Å². The fourth-order valence-corrected chi connectivity index (χ4v) is 1.79.